The molecule has 0 amide bonds. The Hall–Kier alpha value is -1.06. The Bertz CT molecular complexity index is 200. The van der Waals surface area contributed by atoms with Crippen LogP contribution in [0.25, 0.3) is 0 Å². The highest BCUT2D eigenvalue weighted by Gasteiger charge is 2.23. The number of rotatable bonds is 5. The third-order valence-corrected chi connectivity index (χ3v) is 2.27. The van der Waals surface area contributed by atoms with Crippen molar-refractivity contribution >= 4 is 11.9 Å². The average Bonchev–Trinajstić information content (AvgIpc) is 2.22. The van der Waals surface area contributed by atoms with Crippen LogP contribution in [-0.2, 0) is 19.1 Å². The predicted molar refractivity (Wildman–Crippen MR) is 51.6 cm³/mol. The maximum absolute atomic E-state index is 11.2. The first-order chi connectivity index (χ1) is 6.56. The maximum atomic E-state index is 11.2. The monoisotopic (exact) mass is 202 g/mol. The molecule has 2 atom stereocenters. The second-order valence-corrected chi connectivity index (χ2v) is 3.29. The summed E-state index contributed by atoms with van der Waals surface area (Å²) in [6.07, 6.45) is 1.16. The number of carbonyl (C=O) groups is 2. The van der Waals surface area contributed by atoms with Crippen LogP contribution >= 0.6 is 0 Å². The predicted octanol–water partition coefficient (Wildman–Crippen LogP) is 1.38. The molecule has 0 N–H and O–H groups in total. The van der Waals surface area contributed by atoms with E-state index in [2.05, 4.69) is 9.47 Å². The lowest BCUT2D eigenvalue weighted by Crippen LogP contribution is -2.22. The van der Waals surface area contributed by atoms with Crippen LogP contribution < -0.4 is 0 Å². The van der Waals surface area contributed by atoms with Gasteiger partial charge >= 0.3 is 11.9 Å². The highest BCUT2D eigenvalue weighted by Crippen LogP contribution is 2.17. The quantitative estimate of drug-likeness (QED) is 0.632. The van der Waals surface area contributed by atoms with Crippen molar-refractivity contribution in [3.63, 3.8) is 0 Å². The van der Waals surface area contributed by atoms with E-state index in [0.29, 0.717) is 12.8 Å². The van der Waals surface area contributed by atoms with Crippen molar-refractivity contribution in [1.29, 1.82) is 0 Å². The Balaban J connectivity index is 4.17. The molecule has 4 nitrogen and oxygen atoms in total. The molecule has 0 aromatic carbocycles. The van der Waals surface area contributed by atoms with Gasteiger partial charge in [0.15, 0.2) is 0 Å². The largest absolute Gasteiger partial charge is 0.469 e. The van der Waals surface area contributed by atoms with E-state index in [0.717, 1.165) is 0 Å². The average molecular weight is 202 g/mol. The van der Waals surface area contributed by atoms with Gasteiger partial charge in [0.05, 0.1) is 26.1 Å². The lowest BCUT2D eigenvalue weighted by atomic mass is 9.94. The van der Waals surface area contributed by atoms with Gasteiger partial charge in [-0.1, -0.05) is 13.8 Å². The zero-order valence-electron chi connectivity index (χ0n) is 9.20. The minimum atomic E-state index is -0.285. The van der Waals surface area contributed by atoms with Crippen molar-refractivity contribution in [3.8, 4) is 0 Å². The molecule has 0 bridgehead atoms. The lowest BCUT2D eigenvalue weighted by Gasteiger charge is -2.15. The molecule has 14 heavy (non-hydrogen) atoms. The molecule has 82 valence electrons. The third-order valence-electron chi connectivity index (χ3n) is 2.27. The summed E-state index contributed by atoms with van der Waals surface area (Å²) >= 11 is 0. The number of hydrogen-bond donors (Lipinski definition) is 0. The van der Waals surface area contributed by atoms with Crippen molar-refractivity contribution in [2.45, 2.75) is 26.7 Å². The second-order valence-electron chi connectivity index (χ2n) is 3.29. The molecule has 0 heterocycles. The molecule has 0 spiro atoms. The summed E-state index contributed by atoms with van der Waals surface area (Å²) in [7, 11) is 2.70. The Morgan fingerprint density at radius 2 is 1.64 bits per heavy atom. The zero-order valence-corrected chi connectivity index (χ0v) is 9.20. The van der Waals surface area contributed by atoms with Gasteiger partial charge in [0, 0.05) is 0 Å². The van der Waals surface area contributed by atoms with Gasteiger partial charge in [0.2, 0.25) is 0 Å². The molecule has 0 aliphatic carbocycles. The third kappa shape index (κ3) is 3.77. The van der Waals surface area contributed by atoms with Crippen LogP contribution in [0.2, 0.25) is 0 Å². The highest BCUT2D eigenvalue weighted by molar-refractivity contribution is 5.75. The first-order valence-electron chi connectivity index (χ1n) is 4.72. The molecule has 0 unspecified atom stereocenters. The van der Waals surface area contributed by atoms with Gasteiger partial charge in [0.25, 0.3) is 0 Å². The van der Waals surface area contributed by atoms with Crippen LogP contribution in [0, 0.1) is 11.8 Å². The summed E-state index contributed by atoms with van der Waals surface area (Å²) in [6, 6.07) is 0. The van der Waals surface area contributed by atoms with Crippen molar-refractivity contribution < 1.29 is 19.1 Å². The SMILES string of the molecule is CC[C@@H](C[C@H](C)C(=O)OC)C(=O)OC. The van der Waals surface area contributed by atoms with Crippen LogP contribution in [0.5, 0.6) is 0 Å². The molecule has 0 aromatic heterocycles. The Kier molecular flexibility index (Phi) is 5.92. The number of hydrogen-bond acceptors (Lipinski definition) is 4. The van der Waals surface area contributed by atoms with Gasteiger partial charge in [-0.3, -0.25) is 9.59 Å². The van der Waals surface area contributed by atoms with Gasteiger partial charge in [-0.25, -0.2) is 0 Å². The molecule has 0 saturated heterocycles. The molecule has 0 aromatic rings. The van der Waals surface area contributed by atoms with Gasteiger partial charge in [-0.15, -0.1) is 0 Å². The van der Waals surface area contributed by atoms with E-state index in [-0.39, 0.29) is 23.8 Å². The van der Waals surface area contributed by atoms with Gasteiger partial charge in [-0.2, -0.15) is 0 Å². The standard InChI is InChI=1S/C10H18O4/c1-5-8(10(12)14-4)6-7(2)9(11)13-3/h7-8H,5-6H2,1-4H3/t7-,8-/m0/s1. The fourth-order valence-corrected chi connectivity index (χ4v) is 1.32. The van der Waals surface area contributed by atoms with E-state index in [1.165, 1.54) is 14.2 Å². The van der Waals surface area contributed by atoms with Crippen molar-refractivity contribution in [2.75, 3.05) is 14.2 Å². The molecular formula is C10H18O4. The highest BCUT2D eigenvalue weighted by atomic mass is 16.5. The number of carbonyl (C=O) groups excluding carboxylic acids is 2. The fraction of sp³-hybridized carbons (Fsp3) is 0.800. The van der Waals surface area contributed by atoms with E-state index in [1.54, 1.807) is 6.92 Å². The van der Waals surface area contributed by atoms with E-state index in [1.807, 2.05) is 6.92 Å². The molecule has 0 fully saturated rings. The van der Waals surface area contributed by atoms with Crippen LogP contribution in [-0.4, -0.2) is 26.2 Å². The van der Waals surface area contributed by atoms with E-state index in [4.69, 9.17) is 0 Å². The normalized spacial score (nSPS) is 14.3. The van der Waals surface area contributed by atoms with Gasteiger partial charge in [0.1, 0.15) is 0 Å². The first kappa shape index (κ1) is 12.9. The Labute approximate surface area is 84.6 Å². The topological polar surface area (TPSA) is 52.6 Å². The molecule has 4 heteroatoms. The maximum Gasteiger partial charge on any atom is 0.308 e. The molecule has 0 aliphatic heterocycles. The van der Waals surface area contributed by atoms with Gasteiger partial charge in [-0.05, 0) is 12.8 Å². The number of esters is 2. The smallest absolute Gasteiger partial charge is 0.308 e. The minimum absolute atomic E-state index is 0.214. The minimum Gasteiger partial charge on any atom is -0.469 e. The van der Waals surface area contributed by atoms with E-state index in [9.17, 15) is 9.59 Å². The number of methoxy groups -OCH3 is 2. The summed E-state index contributed by atoms with van der Waals surface area (Å²) < 4.78 is 9.21. The van der Waals surface area contributed by atoms with Crippen LogP contribution in [0.4, 0.5) is 0 Å². The summed E-state index contributed by atoms with van der Waals surface area (Å²) in [5, 5.41) is 0. The summed E-state index contributed by atoms with van der Waals surface area (Å²) in [5.74, 6) is -1.02. The number of ether oxygens (including phenoxy) is 2. The van der Waals surface area contributed by atoms with Crippen molar-refractivity contribution in [2.24, 2.45) is 11.8 Å². The summed E-state index contributed by atoms with van der Waals surface area (Å²) in [6.45, 7) is 3.64. The fourth-order valence-electron chi connectivity index (χ4n) is 1.32. The Morgan fingerprint density at radius 3 is 2.00 bits per heavy atom. The molecule has 0 rings (SSSR count). The molecule has 0 aliphatic rings. The van der Waals surface area contributed by atoms with Gasteiger partial charge < -0.3 is 9.47 Å². The zero-order chi connectivity index (χ0) is 11.1. The van der Waals surface area contributed by atoms with Crippen molar-refractivity contribution in [3.05, 3.63) is 0 Å². The molecular weight excluding hydrogens is 184 g/mol. The van der Waals surface area contributed by atoms with Crippen LogP contribution in [0.15, 0.2) is 0 Å². The Morgan fingerprint density at radius 1 is 1.14 bits per heavy atom. The summed E-state index contributed by atoms with van der Waals surface area (Å²) in [5.41, 5.74) is 0. The molecule has 0 saturated carbocycles. The lowest BCUT2D eigenvalue weighted by molar-refractivity contribution is -0.149. The summed E-state index contributed by atoms with van der Waals surface area (Å²) in [4.78, 5) is 22.3. The van der Waals surface area contributed by atoms with Crippen LogP contribution in [0.1, 0.15) is 26.7 Å². The second kappa shape index (κ2) is 6.40. The first-order valence-corrected chi connectivity index (χ1v) is 4.72. The van der Waals surface area contributed by atoms with Crippen LogP contribution in [0.3, 0.4) is 0 Å². The van der Waals surface area contributed by atoms with Crippen molar-refractivity contribution in [1.82, 2.24) is 0 Å². The van der Waals surface area contributed by atoms with E-state index >= 15 is 0 Å². The molecule has 0 radical (unpaired) electrons. The van der Waals surface area contributed by atoms with E-state index < -0.39 is 0 Å².